The Balaban J connectivity index is 1.68. The molecule has 2 aromatic carbocycles. The number of nitrogens with zero attached hydrogens (tertiary/aromatic N) is 1. The molecular weight excluding hydrogens is 378 g/mol. The average Bonchev–Trinajstić information content (AvgIpc) is 2.51. The largest absolute Gasteiger partial charge is 0.485 e. The highest BCUT2D eigenvalue weighted by Crippen LogP contribution is 2.33. The van der Waals surface area contributed by atoms with Crippen molar-refractivity contribution in [2.75, 3.05) is 19.6 Å². The Labute approximate surface area is 150 Å². The summed E-state index contributed by atoms with van der Waals surface area (Å²) in [6.07, 6.45) is 0.229. The van der Waals surface area contributed by atoms with Crippen LogP contribution in [0.5, 0.6) is 11.5 Å². The molecule has 23 heavy (non-hydrogen) atoms. The number of halogens is 2. The summed E-state index contributed by atoms with van der Waals surface area (Å²) < 4.78 is 13.0. The fourth-order valence-corrected chi connectivity index (χ4v) is 3.03. The van der Waals surface area contributed by atoms with E-state index < -0.39 is 0 Å². The molecule has 0 amide bonds. The van der Waals surface area contributed by atoms with Crippen LogP contribution in [-0.2, 0) is 6.61 Å². The number of rotatable bonds is 6. The van der Waals surface area contributed by atoms with Gasteiger partial charge >= 0.3 is 0 Å². The van der Waals surface area contributed by atoms with Crippen molar-refractivity contribution >= 4 is 27.5 Å². The molecule has 0 radical (unpaired) electrons. The summed E-state index contributed by atoms with van der Waals surface area (Å²) >= 11 is 9.67. The van der Waals surface area contributed by atoms with E-state index in [9.17, 15) is 0 Å². The van der Waals surface area contributed by atoms with Gasteiger partial charge < -0.3 is 9.47 Å². The van der Waals surface area contributed by atoms with Crippen molar-refractivity contribution in [1.82, 2.24) is 4.90 Å². The highest BCUT2D eigenvalue weighted by Gasteiger charge is 2.27. The molecule has 0 aromatic heterocycles. The van der Waals surface area contributed by atoms with Crippen LogP contribution < -0.4 is 9.47 Å². The van der Waals surface area contributed by atoms with Crippen LogP contribution in [0, 0.1) is 0 Å². The molecule has 1 saturated heterocycles. The number of hydrogen-bond acceptors (Lipinski definition) is 3. The lowest BCUT2D eigenvalue weighted by atomic mass is 10.1. The Morgan fingerprint density at radius 3 is 2.70 bits per heavy atom. The maximum atomic E-state index is 6.18. The quantitative estimate of drug-likeness (QED) is 0.702. The van der Waals surface area contributed by atoms with Crippen LogP contribution in [0.1, 0.15) is 12.5 Å². The minimum Gasteiger partial charge on any atom is -0.485 e. The van der Waals surface area contributed by atoms with Gasteiger partial charge in [0.05, 0.1) is 0 Å². The van der Waals surface area contributed by atoms with E-state index in [2.05, 4.69) is 27.8 Å². The Morgan fingerprint density at radius 2 is 1.96 bits per heavy atom. The van der Waals surface area contributed by atoms with E-state index in [1.165, 1.54) is 0 Å². The summed E-state index contributed by atoms with van der Waals surface area (Å²) in [6.45, 7) is 5.57. The topological polar surface area (TPSA) is 21.7 Å². The Hall–Kier alpha value is -1.23. The summed E-state index contributed by atoms with van der Waals surface area (Å²) in [4.78, 5) is 2.34. The van der Waals surface area contributed by atoms with Gasteiger partial charge in [-0.2, -0.15) is 0 Å². The molecule has 3 nitrogen and oxygen atoms in total. The molecule has 5 heteroatoms. The van der Waals surface area contributed by atoms with Gasteiger partial charge in [-0.1, -0.05) is 52.7 Å². The minimum atomic E-state index is 0.229. The van der Waals surface area contributed by atoms with Crippen molar-refractivity contribution in [3.63, 3.8) is 0 Å². The zero-order valence-corrected chi connectivity index (χ0v) is 15.3. The number of likely N-dealkylation sites (N-methyl/N-ethyl adjacent to an activating group) is 1. The van der Waals surface area contributed by atoms with Gasteiger partial charge in [-0.15, -0.1) is 0 Å². The van der Waals surface area contributed by atoms with Crippen LogP contribution in [0.2, 0.25) is 5.02 Å². The van der Waals surface area contributed by atoms with E-state index in [0.717, 1.165) is 41.2 Å². The Morgan fingerprint density at radius 1 is 1.17 bits per heavy atom. The van der Waals surface area contributed by atoms with Crippen molar-refractivity contribution in [3.8, 4) is 11.5 Å². The maximum Gasteiger partial charge on any atom is 0.162 e. The van der Waals surface area contributed by atoms with Gasteiger partial charge in [0.25, 0.3) is 0 Å². The average molecular weight is 397 g/mol. The molecule has 0 N–H and O–H groups in total. The predicted molar refractivity (Wildman–Crippen MR) is 96.5 cm³/mol. The number of hydrogen-bond donors (Lipinski definition) is 0. The van der Waals surface area contributed by atoms with Gasteiger partial charge in [0.1, 0.15) is 12.7 Å². The third kappa shape index (κ3) is 4.19. The molecule has 0 bridgehead atoms. The number of likely N-dealkylation sites (tertiary alicyclic amines) is 1. The summed E-state index contributed by atoms with van der Waals surface area (Å²) in [5, 5.41) is 0.713. The first kappa shape index (κ1) is 16.6. The number of benzene rings is 2. The van der Waals surface area contributed by atoms with E-state index in [4.69, 9.17) is 21.1 Å². The number of ether oxygens (including phenoxy) is 2. The third-order valence-corrected chi connectivity index (χ3v) is 4.77. The first-order chi connectivity index (χ1) is 11.2. The summed E-state index contributed by atoms with van der Waals surface area (Å²) in [5.41, 5.74) is 0.962. The molecule has 0 saturated carbocycles. The SMILES string of the molecule is CCN1CC(Oc2cc(Br)ccc2OCc2ccccc2Cl)C1. The molecule has 0 atom stereocenters. The van der Waals surface area contributed by atoms with E-state index >= 15 is 0 Å². The highest BCUT2D eigenvalue weighted by atomic mass is 79.9. The molecule has 0 unspecified atom stereocenters. The second-order valence-corrected chi connectivity index (χ2v) is 6.89. The standard InChI is InChI=1S/C18H19BrClNO2/c1-2-21-10-15(11-21)23-18-9-14(19)7-8-17(18)22-12-13-5-3-4-6-16(13)20/h3-9,15H,2,10-12H2,1H3. The fraction of sp³-hybridized carbons (Fsp3) is 0.333. The van der Waals surface area contributed by atoms with Crippen molar-refractivity contribution < 1.29 is 9.47 Å². The van der Waals surface area contributed by atoms with Crippen LogP contribution in [0.4, 0.5) is 0 Å². The van der Waals surface area contributed by atoms with E-state index in [1.54, 1.807) is 0 Å². The molecule has 1 aliphatic heterocycles. The normalized spacial score (nSPS) is 15.3. The predicted octanol–water partition coefficient (Wildman–Crippen LogP) is 4.76. The summed E-state index contributed by atoms with van der Waals surface area (Å²) in [6, 6.07) is 13.5. The molecule has 1 heterocycles. The van der Waals surface area contributed by atoms with Crippen molar-refractivity contribution in [1.29, 1.82) is 0 Å². The van der Waals surface area contributed by atoms with Crippen LogP contribution in [0.25, 0.3) is 0 Å². The van der Waals surface area contributed by atoms with Gasteiger partial charge in [-0.3, -0.25) is 4.90 Å². The summed E-state index contributed by atoms with van der Waals surface area (Å²) in [5.74, 6) is 1.51. The summed E-state index contributed by atoms with van der Waals surface area (Å²) in [7, 11) is 0. The lowest BCUT2D eigenvalue weighted by molar-refractivity contribution is 0.0216. The van der Waals surface area contributed by atoms with Gasteiger partial charge in [-0.25, -0.2) is 0 Å². The molecule has 122 valence electrons. The lowest BCUT2D eigenvalue weighted by Gasteiger charge is -2.38. The third-order valence-electron chi connectivity index (χ3n) is 3.91. The van der Waals surface area contributed by atoms with Gasteiger partial charge in [0.15, 0.2) is 11.5 Å². The van der Waals surface area contributed by atoms with Gasteiger partial charge in [-0.05, 0) is 30.8 Å². The molecule has 1 aliphatic rings. The lowest BCUT2D eigenvalue weighted by Crippen LogP contribution is -2.53. The second-order valence-electron chi connectivity index (χ2n) is 5.56. The van der Waals surface area contributed by atoms with E-state index in [-0.39, 0.29) is 6.10 Å². The molecule has 0 aliphatic carbocycles. The maximum absolute atomic E-state index is 6.18. The zero-order chi connectivity index (χ0) is 16.2. The molecule has 3 rings (SSSR count). The van der Waals surface area contributed by atoms with Crippen molar-refractivity contribution in [2.24, 2.45) is 0 Å². The van der Waals surface area contributed by atoms with Gasteiger partial charge in [0.2, 0.25) is 0 Å². The van der Waals surface area contributed by atoms with Crippen LogP contribution in [-0.4, -0.2) is 30.6 Å². The molecule has 0 spiro atoms. The van der Waals surface area contributed by atoms with Crippen molar-refractivity contribution in [3.05, 3.63) is 57.5 Å². The van der Waals surface area contributed by atoms with Crippen LogP contribution in [0.15, 0.2) is 46.9 Å². The fourth-order valence-electron chi connectivity index (χ4n) is 2.50. The minimum absolute atomic E-state index is 0.229. The van der Waals surface area contributed by atoms with Crippen LogP contribution in [0.3, 0.4) is 0 Å². The first-order valence-corrected chi connectivity index (χ1v) is 8.87. The zero-order valence-electron chi connectivity index (χ0n) is 13.0. The Bertz CT molecular complexity index is 674. The van der Waals surface area contributed by atoms with E-state index in [0.29, 0.717) is 11.6 Å². The van der Waals surface area contributed by atoms with Crippen molar-refractivity contribution in [2.45, 2.75) is 19.6 Å². The van der Waals surface area contributed by atoms with Crippen LogP contribution >= 0.6 is 27.5 Å². The molecule has 2 aromatic rings. The van der Waals surface area contributed by atoms with E-state index in [1.807, 2.05) is 42.5 Å². The Kier molecular flexibility index (Phi) is 5.46. The first-order valence-electron chi connectivity index (χ1n) is 7.70. The second kappa shape index (κ2) is 7.56. The highest BCUT2D eigenvalue weighted by molar-refractivity contribution is 9.10. The van der Waals surface area contributed by atoms with Gasteiger partial charge in [0, 0.05) is 28.1 Å². The molecule has 1 fully saturated rings. The molecular formula is C18H19BrClNO2. The smallest absolute Gasteiger partial charge is 0.162 e. The monoisotopic (exact) mass is 395 g/mol.